The summed E-state index contributed by atoms with van der Waals surface area (Å²) in [7, 11) is 0. The zero-order valence-electron chi connectivity index (χ0n) is 12.3. The molecule has 0 aromatic heterocycles. The van der Waals surface area contributed by atoms with E-state index in [0.717, 1.165) is 18.4 Å². The first kappa shape index (κ1) is 15.0. The van der Waals surface area contributed by atoms with Crippen LogP contribution in [-0.2, 0) is 16.1 Å². The van der Waals surface area contributed by atoms with E-state index in [9.17, 15) is 4.79 Å². The number of rotatable bonds is 5. The topological polar surface area (TPSA) is 55.6 Å². The number of carbonyl (C=O) groups excluding carboxylic acids is 1. The zero-order valence-corrected chi connectivity index (χ0v) is 12.3. The van der Waals surface area contributed by atoms with E-state index in [-0.39, 0.29) is 24.2 Å². The number of hydrogen-bond donors (Lipinski definition) is 1. The average molecular weight is 276 g/mol. The summed E-state index contributed by atoms with van der Waals surface area (Å²) >= 11 is 0. The molecule has 1 aliphatic heterocycles. The van der Waals surface area contributed by atoms with Crippen LogP contribution in [-0.4, -0.2) is 35.6 Å². The second-order valence-corrected chi connectivity index (χ2v) is 5.61. The van der Waals surface area contributed by atoms with Crippen LogP contribution in [0.3, 0.4) is 0 Å². The molecule has 20 heavy (non-hydrogen) atoms. The van der Waals surface area contributed by atoms with Gasteiger partial charge in [0.2, 0.25) is 0 Å². The lowest BCUT2D eigenvalue weighted by atomic mass is 10.1. The van der Waals surface area contributed by atoms with E-state index >= 15 is 0 Å². The minimum Gasteiger partial charge on any atom is -0.364 e. The summed E-state index contributed by atoms with van der Waals surface area (Å²) < 4.78 is 5.72. The highest BCUT2D eigenvalue weighted by Gasteiger charge is 2.33. The summed E-state index contributed by atoms with van der Waals surface area (Å²) in [6.45, 7) is 5.20. The first-order valence-electron chi connectivity index (χ1n) is 7.31. The molecule has 4 heteroatoms. The standard InChI is InChI=1S/C16H24N2O2/c1-12(2)18(11-13-6-4-3-5-7-13)16(19)15-9-8-14(10-17)20-15/h3-7,12,14-15H,8-11,17H2,1-2H3/t14-,15+/m1/s1. The van der Waals surface area contributed by atoms with E-state index in [1.165, 1.54) is 0 Å². The van der Waals surface area contributed by atoms with Crippen molar-refractivity contribution in [3.63, 3.8) is 0 Å². The second kappa shape index (κ2) is 6.86. The van der Waals surface area contributed by atoms with E-state index in [0.29, 0.717) is 13.1 Å². The number of benzene rings is 1. The van der Waals surface area contributed by atoms with Crippen LogP contribution in [0.5, 0.6) is 0 Å². The largest absolute Gasteiger partial charge is 0.364 e. The number of carbonyl (C=O) groups is 1. The van der Waals surface area contributed by atoms with E-state index in [1.54, 1.807) is 0 Å². The predicted octanol–water partition coefficient (Wildman–Crippen LogP) is 1.93. The minimum absolute atomic E-state index is 0.0367. The lowest BCUT2D eigenvalue weighted by Crippen LogP contribution is -2.43. The molecule has 0 saturated carbocycles. The Balaban J connectivity index is 2.03. The third-order valence-corrected chi connectivity index (χ3v) is 3.75. The molecule has 2 atom stereocenters. The monoisotopic (exact) mass is 276 g/mol. The fourth-order valence-electron chi connectivity index (χ4n) is 2.54. The van der Waals surface area contributed by atoms with Crippen LogP contribution >= 0.6 is 0 Å². The third kappa shape index (κ3) is 3.58. The maximum absolute atomic E-state index is 12.6. The molecule has 0 unspecified atom stereocenters. The van der Waals surface area contributed by atoms with Gasteiger partial charge in [-0.15, -0.1) is 0 Å². The molecule has 0 spiro atoms. The van der Waals surface area contributed by atoms with Crippen molar-refractivity contribution in [3.05, 3.63) is 35.9 Å². The van der Waals surface area contributed by atoms with Crippen molar-refractivity contribution < 1.29 is 9.53 Å². The molecule has 1 aromatic carbocycles. The highest BCUT2D eigenvalue weighted by atomic mass is 16.5. The first-order valence-corrected chi connectivity index (χ1v) is 7.31. The third-order valence-electron chi connectivity index (χ3n) is 3.75. The summed E-state index contributed by atoms with van der Waals surface area (Å²) in [6, 6.07) is 10.2. The molecule has 0 bridgehead atoms. The number of amides is 1. The normalized spacial score (nSPS) is 22.2. The van der Waals surface area contributed by atoms with Gasteiger partial charge in [-0.3, -0.25) is 4.79 Å². The van der Waals surface area contributed by atoms with Gasteiger partial charge in [-0.1, -0.05) is 30.3 Å². The molecular weight excluding hydrogens is 252 g/mol. The molecule has 2 N–H and O–H groups in total. The lowest BCUT2D eigenvalue weighted by Gasteiger charge is -2.29. The van der Waals surface area contributed by atoms with Gasteiger partial charge in [0, 0.05) is 19.1 Å². The Morgan fingerprint density at radius 2 is 2.05 bits per heavy atom. The van der Waals surface area contributed by atoms with Crippen molar-refractivity contribution in [2.24, 2.45) is 5.73 Å². The number of nitrogens with zero attached hydrogens (tertiary/aromatic N) is 1. The van der Waals surface area contributed by atoms with Gasteiger partial charge in [0.05, 0.1) is 6.10 Å². The molecular formula is C16H24N2O2. The molecule has 1 saturated heterocycles. The van der Waals surface area contributed by atoms with Crippen molar-refractivity contribution in [2.45, 2.75) is 51.5 Å². The van der Waals surface area contributed by atoms with Crippen LogP contribution in [0, 0.1) is 0 Å². The minimum atomic E-state index is -0.324. The summed E-state index contributed by atoms with van der Waals surface area (Å²) in [5.74, 6) is 0.0832. The average Bonchev–Trinajstić information content (AvgIpc) is 2.94. The second-order valence-electron chi connectivity index (χ2n) is 5.61. The maximum atomic E-state index is 12.6. The smallest absolute Gasteiger partial charge is 0.252 e. The highest BCUT2D eigenvalue weighted by molar-refractivity contribution is 5.81. The fraction of sp³-hybridized carbons (Fsp3) is 0.562. The van der Waals surface area contributed by atoms with Crippen molar-refractivity contribution in [1.82, 2.24) is 4.90 Å². The predicted molar refractivity (Wildman–Crippen MR) is 79.1 cm³/mol. The van der Waals surface area contributed by atoms with Crippen molar-refractivity contribution >= 4 is 5.91 Å². The molecule has 110 valence electrons. The lowest BCUT2D eigenvalue weighted by molar-refractivity contribution is -0.145. The molecule has 0 radical (unpaired) electrons. The molecule has 1 aromatic rings. The van der Waals surface area contributed by atoms with Gasteiger partial charge in [-0.05, 0) is 32.3 Å². The van der Waals surface area contributed by atoms with E-state index in [2.05, 4.69) is 0 Å². The van der Waals surface area contributed by atoms with Crippen LogP contribution in [0.1, 0.15) is 32.3 Å². The summed E-state index contributed by atoms with van der Waals surface area (Å²) in [5.41, 5.74) is 6.75. The molecule has 0 aliphatic carbocycles. The Hall–Kier alpha value is -1.39. The van der Waals surface area contributed by atoms with E-state index < -0.39 is 0 Å². The zero-order chi connectivity index (χ0) is 14.5. The maximum Gasteiger partial charge on any atom is 0.252 e. The van der Waals surface area contributed by atoms with Crippen LogP contribution < -0.4 is 5.73 Å². The van der Waals surface area contributed by atoms with Gasteiger partial charge in [0.1, 0.15) is 6.10 Å². The van der Waals surface area contributed by atoms with Gasteiger partial charge in [-0.25, -0.2) is 0 Å². The quantitative estimate of drug-likeness (QED) is 0.894. The summed E-state index contributed by atoms with van der Waals surface area (Å²) in [6.07, 6.45) is 1.37. The van der Waals surface area contributed by atoms with Crippen LogP contribution in [0.15, 0.2) is 30.3 Å². The Morgan fingerprint density at radius 3 is 2.60 bits per heavy atom. The fourth-order valence-corrected chi connectivity index (χ4v) is 2.54. The molecule has 1 amide bonds. The Labute approximate surface area is 120 Å². The Morgan fingerprint density at radius 1 is 1.35 bits per heavy atom. The van der Waals surface area contributed by atoms with Gasteiger partial charge < -0.3 is 15.4 Å². The molecule has 1 fully saturated rings. The van der Waals surface area contributed by atoms with Gasteiger partial charge in [0.25, 0.3) is 5.91 Å². The molecule has 1 aliphatic rings. The van der Waals surface area contributed by atoms with E-state index in [4.69, 9.17) is 10.5 Å². The summed E-state index contributed by atoms with van der Waals surface area (Å²) in [5, 5.41) is 0. The number of ether oxygens (including phenoxy) is 1. The Bertz CT molecular complexity index is 433. The van der Waals surface area contributed by atoms with Gasteiger partial charge >= 0.3 is 0 Å². The van der Waals surface area contributed by atoms with Crippen LogP contribution in [0.4, 0.5) is 0 Å². The van der Waals surface area contributed by atoms with Crippen LogP contribution in [0.2, 0.25) is 0 Å². The van der Waals surface area contributed by atoms with E-state index in [1.807, 2.05) is 49.1 Å². The van der Waals surface area contributed by atoms with Crippen molar-refractivity contribution in [3.8, 4) is 0 Å². The molecule has 4 nitrogen and oxygen atoms in total. The van der Waals surface area contributed by atoms with Crippen LogP contribution in [0.25, 0.3) is 0 Å². The molecule has 2 rings (SSSR count). The Kier molecular flexibility index (Phi) is 5.15. The number of hydrogen-bond acceptors (Lipinski definition) is 3. The van der Waals surface area contributed by atoms with Crippen molar-refractivity contribution in [1.29, 1.82) is 0 Å². The first-order chi connectivity index (χ1) is 9.61. The van der Waals surface area contributed by atoms with Gasteiger partial charge in [-0.2, -0.15) is 0 Å². The van der Waals surface area contributed by atoms with Crippen molar-refractivity contribution in [2.75, 3.05) is 6.54 Å². The number of nitrogens with two attached hydrogens (primary N) is 1. The SMILES string of the molecule is CC(C)N(Cc1ccccc1)C(=O)[C@@H]1CC[C@H](CN)O1. The molecule has 1 heterocycles. The highest BCUT2D eigenvalue weighted by Crippen LogP contribution is 2.22. The summed E-state index contributed by atoms with van der Waals surface area (Å²) in [4.78, 5) is 14.5. The van der Waals surface area contributed by atoms with Gasteiger partial charge in [0.15, 0.2) is 0 Å².